The standard InChI is InChI=1S/C37H46N3O6P/c1-24(2)20-29-28-18-12-13-19-32(28)40(5)35(29)37(45)39-31(21-25(3)4)36(44)38-30(22-34(42)43)33(41)23-46-47(26-14-8-6-9-15-26)27-16-10-7-11-17-27/h6-19,24-25,30-31H,20-23,47H2,1-5H3,(H,38,44)(H,39,45)(H,42,43)/t30?,31-/m0/s1. The average molecular weight is 660 g/mol. The number of carbonyl (C=O) groups is 4. The number of aromatic nitrogens is 1. The smallest absolute Gasteiger partial charge is 0.0615 e. The van der Waals surface area contributed by atoms with E-state index >= 15 is 0 Å². The van der Waals surface area contributed by atoms with Crippen molar-refractivity contribution in [2.24, 2.45) is 18.9 Å². The number of fused-ring (bicyclic) bond motifs is 1. The molecule has 0 saturated heterocycles. The van der Waals surface area contributed by atoms with Crippen molar-refractivity contribution >= 4 is 53.2 Å². The first-order valence-electron chi connectivity index (χ1n) is 16.1. The summed E-state index contributed by atoms with van der Waals surface area (Å²) in [5.74, 6) is -2.48. The van der Waals surface area contributed by atoms with Gasteiger partial charge in [-0.1, -0.05) is 32.0 Å². The molecular weight excluding hydrogens is 613 g/mol. The predicted octanol–water partition coefficient (Wildman–Crippen LogP) is 4.58. The van der Waals surface area contributed by atoms with Crippen LogP contribution in [0.25, 0.3) is 10.9 Å². The maximum atomic E-state index is 13.9. The average Bonchev–Trinajstić information content (AvgIpc) is 3.31. The van der Waals surface area contributed by atoms with Crippen molar-refractivity contribution in [3.8, 4) is 0 Å². The Balaban J connectivity index is 1.54. The molecule has 1 unspecified atom stereocenters. The Labute approximate surface area is 277 Å². The number of hydrogen-bond acceptors (Lipinski definition) is 5. The zero-order chi connectivity index (χ0) is 34.1. The fourth-order valence-corrected chi connectivity index (χ4v) is 8.15. The number of carboxylic acids is 1. The topological polar surface area (TPSA) is 127 Å². The van der Waals surface area contributed by atoms with Crippen molar-refractivity contribution in [1.82, 2.24) is 15.2 Å². The first-order chi connectivity index (χ1) is 22.5. The monoisotopic (exact) mass is 659 g/mol. The van der Waals surface area contributed by atoms with E-state index in [0.717, 1.165) is 27.1 Å². The molecule has 0 aliphatic heterocycles. The van der Waals surface area contributed by atoms with Gasteiger partial charge in [0, 0.05) is 0 Å². The fraction of sp³-hybridized carbons (Fsp3) is 0.351. The number of rotatable bonds is 16. The molecule has 4 rings (SSSR count). The maximum absolute atomic E-state index is 13.9. The van der Waals surface area contributed by atoms with Crippen molar-refractivity contribution in [3.63, 3.8) is 0 Å². The van der Waals surface area contributed by atoms with Gasteiger partial charge in [0.15, 0.2) is 0 Å². The van der Waals surface area contributed by atoms with Crippen LogP contribution in [0.5, 0.6) is 0 Å². The van der Waals surface area contributed by atoms with Crippen LogP contribution in [0.15, 0.2) is 84.9 Å². The van der Waals surface area contributed by atoms with E-state index in [-0.39, 0.29) is 12.5 Å². The zero-order valence-electron chi connectivity index (χ0n) is 27.7. The van der Waals surface area contributed by atoms with Crippen molar-refractivity contribution in [3.05, 3.63) is 96.2 Å². The summed E-state index contributed by atoms with van der Waals surface area (Å²) < 4.78 is 8.07. The summed E-state index contributed by atoms with van der Waals surface area (Å²) in [6.45, 7) is 7.67. The van der Waals surface area contributed by atoms with Crippen LogP contribution >= 0.6 is 8.15 Å². The number of benzene rings is 3. The summed E-state index contributed by atoms with van der Waals surface area (Å²) in [5, 5.41) is 18.1. The van der Waals surface area contributed by atoms with Gasteiger partial charge in [-0.25, -0.2) is 0 Å². The molecule has 0 fully saturated rings. The second kappa shape index (κ2) is 16.5. The molecule has 3 aromatic carbocycles. The number of para-hydroxylation sites is 1. The van der Waals surface area contributed by atoms with Gasteiger partial charge >= 0.3 is 234 Å². The van der Waals surface area contributed by atoms with E-state index < -0.39 is 50.2 Å². The molecule has 0 saturated carbocycles. The van der Waals surface area contributed by atoms with Crippen LogP contribution in [0.3, 0.4) is 0 Å². The summed E-state index contributed by atoms with van der Waals surface area (Å²) in [6, 6.07) is 24.7. The second-order valence-electron chi connectivity index (χ2n) is 12.8. The molecule has 47 heavy (non-hydrogen) atoms. The summed E-state index contributed by atoms with van der Waals surface area (Å²) in [4.78, 5) is 52.9. The molecular formula is C37H46N3O6P. The van der Waals surface area contributed by atoms with Gasteiger partial charge in [0.2, 0.25) is 0 Å². The van der Waals surface area contributed by atoms with Gasteiger partial charge in [-0.2, -0.15) is 0 Å². The molecule has 2 atom stereocenters. The van der Waals surface area contributed by atoms with Crippen molar-refractivity contribution in [2.45, 2.75) is 59.0 Å². The first kappa shape index (κ1) is 35.5. The summed E-state index contributed by atoms with van der Waals surface area (Å²) in [5.41, 5.74) is 2.30. The van der Waals surface area contributed by atoms with Gasteiger partial charge in [0.05, 0.1) is 0 Å². The number of carbonyl (C=O) groups excluding carboxylic acids is 3. The summed E-state index contributed by atoms with van der Waals surface area (Å²) in [6.07, 6.45) is 0.361. The van der Waals surface area contributed by atoms with Gasteiger partial charge in [0.1, 0.15) is 0 Å². The number of amides is 2. The van der Waals surface area contributed by atoms with Crippen molar-refractivity contribution in [2.75, 3.05) is 6.61 Å². The quantitative estimate of drug-likeness (QED) is 0.151. The van der Waals surface area contributed by atoms with Gasteiger partial charge in [-0.15, -0.1) is 0 Å². The molecule has 1 heterocycles. The Morgan fingerprint density at radius 3 is 1.91 bits per heavy atom. The number of aliphatic carboxylic acids is 1. The van der Waals surface area contributed by atoms with Gasteiger partial charge in [0.25, 0.3) is 0 Å². The molecule has 1 aromatic heterocycles. The van der Waals surface area contributed by atoms with Crippen molar-refractivity contribution < 1.29 is 28.8 Å². The number of ketones is 1. The van der Waals surface area contributed by atoms with E-state index in [2.05, 4.69) is 24.5 Å². The Bertz CT molecular complexity index is 1650. The van der Waals surface area contributed by atoms with Crippen LogP contribution in [0.2, 0.25) is 0 Å². The van der Waals surface area contributed by atoms with Crippen LogP contribution in [0.4, 0.5) is 0 Å². The molecule has 0 aliphatic rings. The van der Waals surface area contributed by atoms with Crippen LogP contribution < -0.4 is 21.2 Å². The Morgan fingerprint density at radius 1 is 0.787 bits per heavy atom. The van der Waals surface area contributed by atoms with Crippen LogP contribution in [0.1, 0.15) is 56.6 Å². The number of Topliss-reactive ketones (excluding diaryl/α,β-unsaturated/α-hetero) is 1. The van der Waals surface area contributed by atoms with E-state index in [4.69, 9.17) is 4.52 Å². The minimum Gasteiger partial charge on any atom is -0.0615 e. The van der Waals surface area contributed by atoms with Gasteiger partial charge in [-0.3, -0.25) is 0 Å². The zero-order valence-corrected chi connectivity index (χ0v) is 28.9. The summed E-state index contributed by atoms with van der Waals surface area (Å²) >= 11 is 0. The molecule has 0 aliphatic carbocycles. The van der Waals surface area contributed by atoms with Crippen LogP contribution in [-0.4, -0.2) is 51.9 Å². The van der Waals surface area contributed by atoms with E-state index in [9.17, 15) is 24.3 Å². The molecule has 3 N–H and O–H groups in total. The van der Waals surface area contributed by atoms with Crippen molar-refractivity contribution in [1.29, 1.82) is 0 Å². The van der Waals surface area contributed by atoms with E-state index in [1.54, 1.807) is 0 Å². The van der Waals surface area contributed by atoms with Crippen LogP contribution in [-0.2, 0) is 32.4 Å². The Kier molecular flexibility index (Phi) is 12.5. The normalized spacial score (nSPS) is 13.0. The third-order valence-corrected chi connectivity index (χ3v) is 10.5. The number of aryl methyl sites for hydroxylation is 1. The summed E-state index contributed by atoms with van der Waals surface area (Å²) in [7, 11) is -0.452. The Morgan fingerprint density at radius 2 is 1.36 bits per heavy atom. The molecule has 0 spiro atoms. The molecule has 0 bridgehead atoms. The van der Waals surface area contributed by atoms with E-state index in [0.29, 0.717) is 24.5 Å². The molecule has 2 amide bonds. The molecule has 4 aromatic rings. The predicted molar refractivity (Wildman–Crippen MR) is 189 cm³/mol. The number of nitrogens with one attached hydrogen (secondary N) is 2. The number of hydrogen-bond donors (Lipinski definition) is 3. The molecule has 250 valence electrons. The second-order valence-corrected chi connectivity index (χ2v) is 15.2. The minimum absolute atomic E-state index is 0.0223. The third kappa shape index (κ3) is 9.37. The van der Waals surface area contributed by atoms with Gasteiger partial charge < -0.3 is 0 Å². The number of nitrogens with zero attached hydrogens (tertiary/aromatic N) is 1. The van der Waals surface area contributed by atoms with Gasteiger partial charge in [-0.05, 0) is 12.0 Å². The SMILES string of the molecule is CC(C)Cc1c(C(=O)N[C@@H](CC(C)C)C(=O)NC(CC(=O)O)C(=O)CO[PH2](c2ccccc2)c2ccccc2)n(C)c2ccccc12. The van der Waals surface area contributed by atoms with E-state index in [1.165, 1.54) is 0 Å². The number of carboxylic acid groups (broad SMARTS) is 1. The first-order valence-corrected chi connectivity index (χ1v) is 17.7. The molecule has 9 nitrogen and oxygen atoms in total. The third-order valence-electron chi connectivity index (χ3n) is 8.05. The fourth-order valence-electron chi connectivity index (χ4n) is 5.90. The molecule has 10 heteroatoms. The minimum atomic E-state index is -2.29. The van der Waals surface area contributed by atoms with Crippen LogP contribution in [0, 0.1) is 11.8 Å². The Hall–Kier alpha value is -4.33. The molecule has 0 radical (unpaired) electrons. The van der Waals surface area contributed by atoms with E-state index in [1.807, 2.05) is 110 Å².